The van der Waals surface area contributed by atoms with E-state index in [9.17, 15) is 19.5 Å². The topological polar surface area (TPSA) is 95.9 Å². The number of esters is 1. The van der Waals surface area contributed by atoms with Gasteiger partial charge in [0.2, 0.25) is 11.8 Å². The van der Waals surface area contributed by atoms with Crippen molar-refractivity contribution in [1.29, 1.82) is 0 Å². The number of aliphatic hydroxyl groups excluding tert-OH is 1. The molecule has 3 heterocycles. The van der Waals surface area contributed by atoms with E-state index in [4.69, 9.17) is 4.74 Å². The summed E-state index contributed by atoms with van der Waals surface area (Å²) in [6.45, 7) is 1.80. The highest BCUT2D eigenvalue weighted by Crippen LogP contribution is 2.66. The molecule has 35 heavy (non-hydrogen) atoms. The van der Waals surface area contributed by atoms with Crippen molar-refractivity contribution in [2.45, 2.75) is 86.4 Å². The summed E-state index contributed by atoms with van der Waals surface area (Å²) in [5.41, 5.74) is 0.999. The lowest BCUT2D eigenvalue weighted by atomic mass is 9.71. The van der Waals surface area contributed by atoms with Crippen LogP contribution in [0.4, 0.5) is 0 Å². The number of rotatable bonds is 8. The molecule has 3 saturated heterocycles. The van der Waals surface area contributed by atoms with Crippen LogP contribution in [0.1, 0.15) is 57.4 Å². The summed E-state index contributed by atoms with van der Waals surface area (Å²) in [5, 5.41) is 13.7. The number of ether oxygens (including phenoxy) is 1. The van der Waals surface area contributed by atoms with Gasteiger partial charge in [0.1, 0.15) is 6.04 Å². The minimum Gasteiger partial charge on any atom is -0.466 e. The van der Waals surface area contributed by atoms with Gasteiger partial charge in [-0.15, -0.1) is 11.8 Å². The summed E-state index contributed by atoms with van der Waals surface area (Å²) < 4.78 is 4.74. The fourth-order valence-electron chi connectivity index (χ4n) is 6.95. The monoisotopic (exact) mass is 500 g/mol. The first-order valence-corrected chi connectivity index (χ1v) is 14.0. The zero-order valence-electron chi connectivity index (χ0n) is 20.4. The number of carbonyl (C=O) groups is 3. The van der Waals surface area contributed by atoms with Crippen LogP contribution < -0.4 is 5.32 Å². The third-order valence-electron chi connectivity index (χ3n) is 8.41. The number of likely N-dealkylation sites (tertiary alicyclic amines) is 1. The summed E-state index contributed by atoms with van der Waals surface area (Å²) in [6.07, 6.45) is 7.27. The standard InChI is InChI=1S/C27H36N2O5S/c1-2-34-26(33)21-20-13-14-27(35-20)22(21)25(32)29(19(16-30)15-17-9-5-3-6-10-17)23(27)24(31)28-18-11-7-4-8-12-18/h3,5-6,9-10,18-23,30H,2,4,7-8,11-16H2,1H3,(H,28,31)/t19-,20+,21-,22+,23?,27?/m1/s1. The third-order valence-corrected chi connectivity index (χ3v) is 10.4. The molecule has 0 aromatic heterocycles. The van der Waals surface area contributed by atoms with Crippen molar-refractivity contribution in [2.24, 2.45) is 11.8 Å². The first kappa shape index (κ1) is 24.6. The van der Waals surface area contributed by atoms with Gasteiger partial charge in [-0.3, -0.25) is 14.4 Å². The molecular formula is C27H36N2O5S. The molecule has 2 N–H and O–H groups in total. The lowest BCUT2D eigenvalue weighted by molar-refractivity contribution is -0.154. The lowest BCUT2D eigenvalue weighted by Gasteiger charge is -2.38. The maximum Gasteiger partial charge on any atom is 0.310 e. The molecule has 2 bridgehead atoms. The summed E-state index contributed by atoms with van der Waals surface area (Å²) in [5.74, 6) is -1.76. The normalized spacial score (nSPS) is 33.0. The maximum absolute atomic E-state index is 14.1. The number of hydrogen-bond donors (Lipinski definition) is 2. The highest BCUT2D eigenvalue weighted by molar-refractivity contribution is 8.02. The quantitative estimate of drug-likeness (QED) is 0.533. The molecule has 7 nitrogen and oxygen atoms in total. The number of nitrogens with one attached hydrogen (secondary N) is 1. The Morgan fingerprint density at radius 1 is 1.20 bits per heavy atom. The molecule has 5 rings (SSSR count). The summed E-state index contributed by atoms with van der Waals surface area (Å²) in [7, 11) is 0. The number of carbonyl (C=O) groups excluding carboxylic acids is 3. The SMILES string of the molecule is CCOC(=O)[C@@H]1[C@@H]2CCC3(S2)C(C(=O)NC2CCCCC2)N([C@@H](CO)Cc2ccccc2)C(=O)[C@H]13. The molecule has 6 atom stereocenters. The second-order valence-electron chi connectivity index (χ2n) is 10.4. The minimum absolute atomic E-state index is 0.00293. The van der Waals surface area contributed by atoms with Crippen LogP contribution in [0.3, 0.4) is 0 Å². The van der Waals surface area contributed by atoms with Gasteiger partial charge in [0.15, 0.2) is 0 Å². The molecule has 2 amide bonds. The Hall–Kier alpha value is -2.06. The van der Waals surface area contributed by atoms with Crippen LogP contribution in [0.15, 0.2) is 30.3 Å². The number of fused-ring (bicyclic) bond motifs is 1. The second kappa shape index (κ2) is 10.1. The predicted octanol–water partition coefficient (Wildman–Crippen LogP) is 2.69. The van der Waals surface area contributed by atoms with E-state index in [1.54, 1.807) is 23.6 Å². The van der Waals surface area contributed by atoms with E-state index >= 15 is 0 Å². The van der Waals surface area contributed by atoms with Gasteiger partial charge in [0.05, 0.1) is 35.8 Å². The van der Waals surface area contributed by atoms with Gasteiger partial charge in [0.25, 0.3) is 0 Å². The van der Waals surface area contributed by atoms with E-state index in [0.29, 0.717) is 6.42 Å². The average molecular weight is 501 g/mol. The zero-order chi connectivity index (χ0) is 24.6. The van der Waals surface area contributed by atoms with Crippen LogP contribution in [-0.2, 0) is 25.5 Å². The van der Waals surface area contributed by atoms with E-state index in [2.05, 4.69) is 5.32 Å². The molecule has 4 aliphatic rings. The summed E-state index contributed by atoms with van der Waals surface area (Å²) in [6, 6.07) is 8.64. The molecule has 0 radical (unpaired) electrons. The van der Waals surface area contributed by atoms with Gasteiger partial charge >= 0.3 is 5.97 Å². The van der Waals surface area contributed by atoms with Crippen LogP contribution in [0.2, 0.25) is 0 Å². The summed E-state index contributed by atoms with van der Waals surface area (Å²) >= 11 is 1.65. The van der Waals surface area contributed by atoms with Gasteiger partial charge in [0, 0.05) is 11.3 Å². The van der Waals surface area contributed by atoms with E-state index in [1.807, 2.05) is 30.3 Å². The molecule has 1 saturated carbocycles. The van der Waals surface area contributed by atoms with Crippen molar-refractivity contribution in [3.8, 4) is 0 Å². The van der Waals surface area contributed by atoms with Crippen LogP contribution >= 0.6 is 11.8 Å². The molecule has 2 unspecified atom stereocenters. The number of hydrogen-bond acceptors (Lipinski definition) is 6. The third kappa shape index (κ3) is 4.26. The minimum atomic E-state index is -0.697. The lowest BCUT2D eigenvalue weighted by Crippen LogP contribution is -2.58. The van der Waals surface area contributed by atoms with Crippen molar-refractivity contribution in [1.82, 2.24) is 10.2 Å². The van der Waals surface area contributed by atoms with Gasteiger partial charge in [-0.2, -0.15) is 0 Å². The van der Waals surface area contributed by atoms with E-state index in [0.717, 1.165) is 44.1 Å². The molecular weight excluding hydrogens is 464 g/mol. The smallest absolute Gasteiger partial charge is 0.310 e. The van der Waals surface area contributed by atoms with Crippen LogP contribution in [0, 0.1) is 11.8 Å². The van der Waals surface area contributed by atoms with Gasteiger partial charge < -0.3 is 20.1 Å². The highest BCUT2D eigenvalue weighted by atomic mass is 32.2. The predicted molar refractivity (Wildman–Crippen MR) is 134 cm³/mol. The van der Waals surface area contributed by atoms with Crippen LogP contribution in [0.5, 0.6) is 0 Å². The Kier molecular flexibility index (Phi) is 7.13. The van der Waals surface area contributed by atoms with Crippen LogP contribution in [-0.4, -0.2) is 69.1 Å². The Morgan fingerprint density at radius 3 is 2.63 bits per heavy atom. The molecule has 4 fully saturated rings. The van der Waals surface area contributed by atoms with E-state index in [-0.39, 0.29) is 42.3 Å². The fourth-order valence-corrected chi connectivity index (χ4v) is 9.15. The molecule has 8 heteroatoms. The first-order chi connectivity index (χ1) is 17.0. The molecule has 1 aromatic rings. The highest BCUT2D eigenvalue weighted by Gasteiger charge is 2.74. The maximum atomic E-state index is 14.1. The Labute approximate surface area is 211 Å². The Balaban J connectivity index is 1.50. The van der Waals surface area contributed by atoms with E-state index in [1.165, 1.54) is 6.42 Å². The average Bonchev–Trinajstić information content (AvgIpc) is 3.51. The number of aliphatic hydroxyl groups is 1. The van der Waals surface area contributed by atoms with Crippen LogP contribution in [0.25, 0.3) is 0 Å². The number of amides is 2. The van der Waals surface area contributed by atoms with E-state index < -0.39 is 28.7 Å². The second-order valence-corrected chi connectivity index (χ2v) is 12.0. The van der Waals surface area contributed by atoms with Crippen molar-refractivity contribution >= 4 is 29.5 Å². The molecule has 1 spiro atoms. The molecule has 3 aliphatic heterocycles. The largest absolute Gasteiger partial charge is 0.466 e. The van der Waals surface area contributed by atoms with Gasteiger partial charge in [-0.05, 0) is 44.6 Å². The molecule has 190 valence electrons. The Morgan fingerprint density at radius 2 is 1.94 bits per heavy atom. The first-order valence-electron chi connectivity index (χ1n) is 13.1. The number of thioether (sulfide) groups is 1. The zero-order valence-corrected chi connectivity index (χ0v) is 21.2. The van der Waals surface area contributed by atoms with Crippen molar-refractivity contribution < 1.29 is 24.2 Å². The molecule has 1 aromatic carbocycles. The van der Waals surface area contributed by atoms with Crippen molar-refractivity contribution in [2.75, 3.05) is 13.2 Å². The van der Waals surface area contributed by atoms with Gasteiger partial charge in [-0.25, -0.2) is 0 Å². The Bertz CT molecular complexity index is 952. The van der Waals surface area contributed by atoms with Crippen molar-refractivity contribution in [3.05, 3.63) is 35.9 Å². The summed E-state index contributed by atoms with van der Waals surface area (Å²) in [4.78, 5) is 42.7. The molecule has 1 aliphatic carbocycles. The number of nitrogens with zero attached hydrogens (tertiary/aromatic N) is 1. The fraction of sp³-hybridized carbons (Fsp3) is 0.667. The number of benzene rings is 1. The van der Waals surface area contributed by atoms with Gasteiger partial charge in [-0.1, -0.05) is 49.6 Å². The van der Waals surface area contributed by atoms with Crippen molar-refractivity contribution in [3.63, 3.8) is 0 Å².